The van der Waals surface area contributed by atoms with Gasteiger partial charge in [-0.2, -0.15) is 0 Å². The van der Waals surface area contributed by atoms with Crippen LogP contribution in [-0.4, -0.2) is 55.9 Å². The number of rotatable bonds is 7. The molecule has 0 rings (SSSR count). The highest BCUT2D eigenvalue weighted by Gasteiger charge is 2.18. The molecule has 0 aromatic heterocycles. The zero-order chi connectivity index (χ0) is 11.0. The lowest BCUT2D eigenvalue weighted by Gasteiger charge is -2.24. The summed E-state index contributed by atoms with van der Waals surface area (Å²) in [6.45, 7) is 3.38. The van der Waals surface area contributed by atoms with Crippen LogP contribution < -0.4 is 5.73 Å². The molecule has 0 aliphatic carbocycles. The standard InChI is InChI=1S/C9H20N2O3/c1-8(7-10)9(13)11(3-5-12)4-6-14-2/h8,12H,3-7,10H2,1-2H3. The van der Waals surface area contributed by atoms with E-state index >= 15 is 0 Å². The molecule has 0 aromatic rings. The van der Waals surface area contributed by atoms with Crippen molar-refractivity contribution in [2.24, 2.45) is 11.7 Å². The van der Waals surface area contributed by atoms with Crippen molar-refractivity contribution in [1.82, 2.24) is 4.90 Å². The van der Waals surface area contributed by atoms with E-state index in [9.17, 15) is 4.79 Å². The van der Waals surface area contributed by atoms with Gasteiger partial charge in [0, 0.05) is 32.7 Å². The highest BCUT2D eigenvalue weighted by Crippen LogP contribution is 2.00. The lowest BCUT2D eigenvalue weighted by atomic mass is 10.1. The van der Waals surface area contributed by atoms with Gasteiger partial charge < -0.3 is 20.5 Å². The number of carbonyl (C=O) groups excluding carboxylic acids is 1. The van der Waals surface area contributed by atoms with E-state index in [0.29, 0.717) is 26.2 Å². The molecule has 0 bridgehead atoms. The third-order valence-corrected chi connectivity index (χ3v) is 2.02. The van der Waals surface area contributed by atoms with Crippen LogP contribution in [0.3, 0.4) is 0 Å². The minimum atomic E-state index is -0.196. The lowest BCUT2D eigenvalue weighted by molar-refractivity contribution is -0.135. The van der Waals surface area contributed by atoms with E-state index in [1.807, 2.05) is 0 Å². The molecule has 5 nitrogen and oxygen atoms in total. The smallest absolute Gasteiger partial charge is 0.226 e. The average Bonchev–Trinajstić information content (AvgIpc) is 2.22. The summed E-state index contributed by atoms with van der Waals surface area (Å²) in [5, 5.41) is 8.77. The number of aliphatic hydroxyl groups is 1. The summed E-state index contributed by atoms with van der Waals surface area (Å²) >= 11 is 0. The van der Waals surface area contributed by atoms with Crippen LogP contribution in [0.15, 0.2) is 0 Å². The van der Waals surface area contributed by atoms with Crippen molar-refractivity contribution in [3.63, 3.8) is 0 Å². The Labute approximate surface area is 84.8 Å². The van der Waals surface area contributed by atoms with Crippen molar-refractivity contribution in [3.05, 3.63) is 0 Å². The van der Waals surface area contributed by atoms with Crippen LogP contribution in [0, 0.1) is 5.92 Å². The zero-order valence-electron chi connectivity index (χ0n) is 8.90. The summed E-state index contributed by atoms with van der Waals surface area (Å²) < 4.78 is 4.88. The molecule has 84 valence electrons. The first-order chi connectivity index (χ1) is 6.67. The first-order valence-electron chi connectivity index (χ1n) is 4.76. The SMILES string of the molecule is COCCN(CCO)C(=O)C(C)CN. The fraction of sp³-hybridized carbons (Fsp3) is 0.889. The molecular formula is C9H20N2O3. The Morgan fingerprint density at radius 2 is 2.21 bits per heavy atom. The molecular weight excluding hydrogens is 184 g/mol. The minimum absolute atomic E-state index is 0.0291. The van der Waals surface area contributed by atoms with Gasteiger partial charge in [-0.25, -0.2) is 0 Å². The van der Waals surface area contributed by atoms with E-state index in [-0.39, 0.29) is 18.4 Å². The molecule has 0 fully saturated rings. The number of ether oxygens (including phenoxy) is 1. The normalized spacial score (nSPS) is 12.6. The fourth-order valence-corrected chi connectivity index (χ4v) is 1.07. The van der Waals surface area contributed by atoms with Gasteiger partial charge in [0.25, 0.3) is 0 Å². The second-order valence-electron chi connectivity index (χ2n) is 3.18. The summed E-state index contributed by atoms with van der Waals surface area (Å²) in [6, 6.07) is 0. The van der Waals surface area contributed by atoms with Crippen LogP contribution in [0.5, 0.6) is 0 Å². The largest absolute Gasteiger partial charge is 0.395 e. The van der Waals surface area contributed by atoms with Crippen molar-refractivity contribution in [2.45, 2.75) is 6.92 Å². The number of amides is 1. The van der Waals surface area contributed by atoms with Crippen molar-refractivity contribution in [2.75, 3.05) is 40.0 Å². The summed E-state index contributed by atoms with van der Waals surface area (Å²) in [7, 11) is 1.58. The summed E-state index contributed by atoms with van der Waals surface area (Å²) in [6.07, 6.45) is 0. The second-order valence-corrected chi connectivity index (χ2v) is 3.18. The van der Waals surface area contributed by atoms with E-state index in [0.717, 1.165) is 0 Å². The van der Waals surface area contributed by atoms with Gasteiger partial charge in [0.15, 0.2) is 0 Å². The Kier molecular flexibility index (Phi) is 7.37. The Morgan fingerprint density at radius 3 is 2.64 bits per heavy atom. The number of aliphatic hydroxyl groups excluding tert-OH is 1. The van der Waals surface area contributed by atoms with Crippen LogP contribution in [-0.2, 0) is 9.53 Å². The number of hydrogen-bond donors (Lipinski definition) is 2. The molecule has 0 heterocycles. The first kappa shape index (κ1) is 13.4. The van der Waals surface area contributed by atoms with Gasteiger partial charge in [0.05, 0.1) is 13.2 Å². The van der Waals surface area contributed by atoms with E-state index in [4.69, 9.17) is 15.6 Å². The number of nitrogens with two attached hydrogens (primary N) is 1. The fourth-order valence-electron chi connectivity index (χ4n) is 1.07. The number of carbonyl (C=O) groups is 1. The Morgan fingerprint density at radius 1 is 1.57 bits per heavy atom. The van der Waals surface area contributed by atoms with Gasteiger partial charge in [0.1, 0.15) is 0 Å². The maximum absolute atomic E-state index is 11.6. The zero-order valence-corrected chi connectivity index (χ0v) is 8.90. The quantitative estimate of drug-likeness (QED) is 0.560. The molecule has 0 saturated heterocycles. The number of nitrogens with zero attached hydrogens (tertiary/aromatic N) is 1. The van der Waals surface area contributed by atoms with Crippen LogP contribution >= 0.6 is 0 Å². The van der Waals surface area contributed by atoms with Crippen molar-refractivity contribution < 1.29 is 14.6 Å². The van der Waals surface area contributed by atoms with E-state index < -0.39 is 0 Å². The number of hydrogen-bond acceptors (Lipinski definition) is 4. The van der Waals surface area contributed by atoms with Crippen molar-refractivity contribution in [3.8, 4) is 0 Å². The van der Waals surface area contributed by atoms with Gasteiger partial charge in [0.2, 0.25) is 5.91 Å². The molecule has 14 heavy (non-hydrogen) atoms. The second kappa shape index (κ2) is 7.73. The molecule has 0 aliphatic heterocycles. The molecule has 0 aliphatic rings. The average molecular weight is 204 g/mol. The molecule has 1 atom stereocenters. The van der Waals surface area contributed by atoms with Crippen molar-refractivity contribution in [1.29, 1.82) is 0 Å². The summed E-state index contributed by atoms with van der Waals surface area (Å²) in [5.74, 6) is -0.225. The van der Waals surface area contributed by atoms with Gasteiger partial charge in [-0.05, 0) is 0 Å². The third-order valence-electron chi connectivity index (χ3n) is 2.02. The molecule has 0 saturated carbocycles. The van der Waals surface area contributed by atoms with Gasteiger partial charge in [-0.1, -0.05) is 6.92 Å². The first-order valence-corrected chi connectivity index (χ1v) is 4.76. The Balaban J connectivity index is 4.10. The third kappa shape index (κ3) is 4.55. The van der Waals surface area contributed by atoms with Gasteiger partial charge in [-0.15, -0.1) is 0 Å². The van der Waals surface area contributed by atoms with Crippen LogP contribution in [0.4, 0.5) is 0 Å². The molecule has 0 spiro atoms. The maximum Gasteiger partial charge on any atom is 0.226 e. The van der Waals surface area contributed by atoms with Crippen molar-refractivity contribution >= 4 is 5.91 Å². The van der Waals surface area contributed by atoms with Crippen LogP contribution in [0.25, 0.3) is 0 Å². The summed E-state index contributed by atoms with van der Waals surface area (Å²) in [4.78, 5) is 13.2. The molecule has 1 unspecified atom stereocenters. The molecule has 3 N–H and O–H groups in total. The lowest BCUT2D eigenvalue weighted by Crippen LogP contribution is -2.41. The van der Waals surface area contributed by atoms with Crippen LogP contribution in [0.2, 0.25) is 0 Å². The highest BCUT2D eigenvalue weighted by atomic mass is 16.5. The molecule has 1 amide bonds. The van der Waals surface area contributed by atoms with E-state index in [1.54, 1.807) is 18.9 Å². The topological polar surface area (TPSA) is 75.8 Å². The van der Waals surface area contributed by atoms with Crippen LogP contribution in [0.1, 0.15) is 6.92 Å². The molecule has 0 aromatic carbocycles. The molecule has 5 heteroatoms. The number of methoxy groups -OCH3 is 1. The highest BCUT2D eigenvalue weighted by molar-refractivity contribution is 5.78. The Hall–Kier alpha value is -0.650. The minimum Gasteiger partial charge on any atom is -0.395 e. The summed E-state index contributed by atoms with van der Waals surface area (Å²) in [5.41, 5.74) is 5.39. The van der Waals surface area contributed by atoms with E-state index in [2.05, 4.69) is 0 Å². The monoisotopic (exact) mass is 204 g/mol. The predicted octanol–water partition coefficient (Wildman–Crippen LogP) is -0.951. The Bertz CT molecular complexity index is 164. The predicted molar refractivity (Wildman–Crippen MR) is 53.8 cm³/mol. The maximum atomic E-state index is 11.6. The van der Waals surface area contributed by atoms with Gasteiger partial charge in [-0.3, -0.25) is 4.79 Å². The molecule has 0 radical (unpaired) electrons. The van der Waals surface area contributed by atoms with E-state index in [1.165, 1.54) is 0 Å². The van der Waals surface area contributed by atoms with Gasteiger partial charge >= 0.3 is 0 Å².